The van der Waals surface area contributed by atoms with Crippen LogP contribution in [0.1, 0.15) is 6.23 Å². The Kier molecular flexibility index (Phi) is 3.11. The molecule has 2 rings (SSSR count). The van der Waals surface area contributed by atoms with Crippen molar-refractivity contribution in [1.82, 2.24) is 9.55 Å². The Hall–Kier alpha value is -1.48. The molecule has 17 heavy (non-hydrogen) atoms. The van der Waals surface area contributed by atoms with Gasteiger partial charge in [0, 0.05) is 6.20 Å². The molecular weight excluding hydrogens is 233 g/mol. The summed E-state index contributed by atoms with van der Waals surface area (Å²) in [6.45, 7) is -0.453. The second-order valence-corrected chi connectivity index (χ2v) is 3.77. The number of aliphatic hydroxyl groups excluding tert-OH is 3. The van der Waals surface area contributed by atoms with Gasteiger partial charge in [-0.2, -0.15) is 4.98 Å². The van der Waals surface area contributed by atoms with Crippen LogP contribution in [0.3, 0.4) is 0 Å². The smallest absolute Gasteiger partial charge is 0.351 e. The Balaban J connectivity index is 2.32. The molecule has 1 fully saturated rings. The maximum Gasteiger partial charge on any atom is 0.351 e. The Morgan fingerprint density at radius 2 is 2.18 bits per heavy atom. The molecular formula is C9H13N3O5. The molecule has 2 heterocycles. The average molecular weight is 246 g/mol. The van der Waals surface area contributed by atoms with Crippen molar-refractivity contribution < 1.29 is 20.1 Å². The minimum absolute atomic E-state index is 0.0537. The lowest BCUT2D eigenvalue weighted by Crippen LogP contribution is -2.36. The minimum atomic E-state index is -1.31. The third kappa shape index (κ3) is 2.03. The lowest BCUT2D eigenvalue weighted by molar-refractivity contribution is -0.0549. The van der Waals surface area contributed by atoms with Crippen molar-refractivity contribution in [2.75, 3.05) is 12.3 Å². The van der Waals surface area contributed by atoms with E-state index in [1.807, 2.05) is 0 Å². The molecule has 0 radical (unpaired) electrons. The van der Waals surface area contributed by atoms with Crippen molar-refractivity contribution >= 4 is 5.82 Å². The third-order valence-corrected chi connectivity index (χ3v) is 2.64. The summed E-state index contributed by atoms with van der Waals surface area (Å²) in [5.41, 5.74) is 4.63. The Bertz CT molecular complexity index is 462. The molecule has 0 aromatic carbocycles. The van der Waals surface area contributed by atoms with Crippen LogP contribution < -0.4 is 11.4 Å². The van der Waals surface area contributed by atoms with Crippen LogP contribution in [0.5, 0.6) is 0 Å². The summed E-state index contributed by atoms with van der Waals surface area (Å²) in [5, 5.41) is 28.2. The topological polar surface area (TPSA) is 131 Å². The molecule has 8 nitrogen and oxygen atoms in total. The van der Waals surface area contributed by atoms with Gasteiger partial charge in [-0.3, -0.25) is 4.57 Å². The highest BCUT2D eigenvalue weighted by Crippen LogP contribution is 2.27. The van der Waals surface area contributed by atoms with Gasteiger partial charge in [0.05, 0.1) is 6.61 Å². The second kappa shape index (κ2) is 4.41. The van der Waals surface area contributed by atoms with Crippen LogP contribution in [0.25, 0.3) is 0 Å². The number of anilines is 1. The summed E-state index contributed by atoms with van der Waals surface area (Å²) >= 11 is 0. The molecule has 1 aromatic heterocycles. The normalized spacial score (nSPS) is 32.9. The Labute approximate surface area is 95.9 Å². The van der Waals surface area contributed by atoms with Crippen LogP contribution in [0.15, 0.2) is 17.1 Å². The van der Waals surface area contributed by atoms with Gasteiger partial charge in [-0.05, 0) is 6.07 Å². The molecule has 8 heteroatoms. The molecule has 1 aromatic rings. The monoisotopic (exact) mass is 246 g/mol. The standard InChI is InChI=1S/C9H13N3O5/c10-5-1-2-12(9(16)11-5)8-7(15)6(14)4(3-13)17-8/h1-2,4,6-8,13-15H,3H2,(H2,10,11,16)/t4-,6-,7+,8-/m1/s1/i1+1,2+1,5+1. The number of nitrogen functional groups attached to an aromatic ring is 1. The summed E-state index contributed by atoms with van der Waals surface area (Å²) in [5.74, 6) is 0.0537. The first-order valence-electron chi connectivity index (χ1n) is 5.01. The fourth-order valence-corrected chi connectivity index (χ4v) is 1.73. The summed E-state index contributed by atoms with van der Waals surface area (Å²) in [6, 6.07) is 1.37. The van der Waals surface area contributed by atoms with Gasteiger partial charge in [0.2, 0.25) is 0 Å². The van der Waals surface area contributed by atoms with Gasteiger partial charge in [-0.15, -0.1) is 0 Å². The molecule has 0 saturated carbocycles. The summed E-state index contributed by atoms with van der Waals surface area (Å²) in [7, 11) is 0. The van der Waals surface area contributed by atoms with Gasteiger partial charge in [0.25, 0.3) is 0 Å². The van der Waals surface area contributed by atoms with E-state index in [0.717, 1.165) is 4.57 Å². The van der Waals surface area contributed by atoms with Gasteiger partial charge in [0.1, 0.15) is 24.1 Å². The van der Waals surface area contributed by atoms with E-state index < -0.39 is 36.8 Å². The predicted octanol–water partition coefficient (Wildman–Crippen LogP) is -2.56. The van der Waals surface area contributed by atoms with E-state index in [9.17, 15) is 15.0 Å². The molecule has 0 unspecified atom stereocenters. The van der Waals surface area contributed by atoms with E-state index >= 15 is 0 Å². The maximum atomic E-state index is 11.5. The number of nitrogens with zero attached hydrogens (tertiary/aromatic N) is 2. The van der Waals surface area contributed by atoms with Crippen molar-refractivity contribution in [2.45, 2.75) is 24.5 Å². The van der Waals surface area contributed by atoms with Crippen LogP contribution in [0, 0.1) is 0 Å². The van der Waals surface area contributed by atoms with E-state index in [4.69, 9.17) is 15.6 Å². The third-order valence-electron chi connectivity index (χ3n) is 2.64. The van der Waals surface area contributed by atoms with Crippen molar-refractivity contribution in [1.29, 1.82) is 0 Å². The molecule has 5 N–H and O–H groups in total. The first-order valence-corrected chi connectivity index (χ1v) is 5.01. The first-order chi connectivity index (χ1) is 8.04. The largest absolute Gasteiger partial charge is 0.394 e. The average Bonchev–Trinajstić information content (AvgIpc) is 2.57. The van der Waals surface area contributed by atoms with Gasteiger partial charge in [0.15, 0.2) is 6.23 Å². The van der Waals surface area contributed by atoms with Crippen LogP contribution >= 0.6 is 0 Å². The summed E-state index contributed by atoms with van der Waals surface area (Å²) in [4.78, 5) is 15.0. The minimum Gasteiger partial charge on any atom is -0.394 e. The quantitative estimate of drug-likeness (QED) is 0.451. The van der Waals surface area contributed by atoms with E-state index in [2.05, 4.69) is 4.98 Å². The van der Waals surface area contributed by atoms with E-state index in [1.54, 1.807) is 0 Å². The molecule has 0 amide bonds. The molecule has 4 atom stereocenters. The molecule has 0 spiro atoms. The number of aliphatic hydroxyl groups is 3. The van der Waals surface area contributed by atoms with Gasteiger partial charge >= 0.3 is 5.69 Å². The predicted molar refractivity (Wildman–Crippen MR) is 55.9 cm³/mol. The van der Waals surface area contributed by atoms with Crippen LogP contribution in [0.2, 0.25) is 0 Å². The van der Waals surface area contributed by atoms with Crippen molar-refractivity contribution in [3.8, 4) is 0 Å². The molecule has 94 valence electrons. The summed E-state index contributed by atoms with van der Waals surface area (Å²) in [6.07, 6.45) is -3.27. The zero-order chi connectivity index (χ0) is 12.6. The van der Waals surface area contributed by atoms with Crippen molar-refractivity contribution in [3.05, 3.63) is 22.7 Å². The number of aromatic nitrogens is 2. The number of hydrogen-bond donors (Lipinski definition) is 4. The first kappa shape index (κ1) is 12.0. The fraction of sp³-hybridized carbons (Fsp3) is 0.556. The number of nitrogens with two attached hydrogens (primary N) is 1. The SMILES string of the molecule is N[13c]1[13cH][13cH]n([C@@H]2O[C@H](CO)[C@@H](O)[C@@H]2O)c(=O)n1. The molecule has 0 aliphatic carbocycles. The van der Waals surface area contributed by atoms with Crippen LogP contribution in [-0.4, -0.2) is 49.8 Å². The van der Waals surface area contributed by atoms with Crippen molar-refractivity contribution in [3.63, 3.8) is 0 Å². The maximum absolute atomic E-state index is 11.5. The van der Waals surface area contributed by atoms with E-state index in [0.29, 0.717) is 0 Å². The number of rotatable bonds is 2. The van der Waals surface area contributed by atoms with Gasteiger partial charge < -0.3 is 25.8 Å². The van der Waals surface area contributed by atoms with E-state index in [1.165, 1.54) is 12.3 Å². The molecule has 1 aliphatic heterocycles. The highest BCUT2D eigenvalue weighted by atomic mass is 16.6. The van der Waals surface area contributed by atoms with E-state index in [-0.39, 0.29) is 5.82 Å². The molecule has 0 bridgehead atoms. The molecule has 1 saturated heterocycles. The Morgan fingerprint density at radius 3 is 2.71 bits per heavy atom. The number of ether oxygens (including phenoxy) is 1. The van der Waals surface area contributed by atoms with Gasteiger partial charge in [-0.1, -0.05) is 0 Å². The zero-order valence-corrected chi connectivity index (χ0v) is 8.80. The molecule has 1 aliphatic rings. The lowest BCUT2D eigenvalue weighted by atomic mass is 10.1. The highest BCUT2D eigenvalue weighted by Gasteiger charge is 2.43. The van der Waals surface area contributed by atoms with Crippen LogP contribution in [-0.2, 0) is 4.74 Å². The lowest BCUT2D eigenvalue weighted by Gasteiger charge is -2.16. The van der Waals surface area contributed by atoms with Crippen molar-refractivity contribution in [2.24, 2.45) is 0 Å². The Morgan fingerprint density at radius 1 is 1.47 bits per heavy atom. The highest BCUT2D eigenvalue weighted by molar-refractivity contribution is 5.23. The number of hydrogen-bond acceptors (Lipinski definition) is 7. The van der Waals surface area contributed by atoms with Gasteiger partial charge in [-0.25, -0.2) is 4.79 Å². The summed E-state index contributed by atoms with van der Waals surface area (Å²) < 4.78 is 6.19. The fourth-order valence-electron chi connectivity index (χ4n) is 1.73. The zero-order valence-electron chi connectivity index (χ0n) is 8.80. The van der Waals surface area contributed by atoms with Crippen LogP contribution in [0.4, 0.5) is 5.82 Å². The second-order valence-electron chi connectivity index (χ2n) is 3.77.